The van der Waals surface area contributed by atoms with Gasteiger partial charge in [0, 0.05) is 11.4 Å². The third kappa shape index (κ3) is 4.83. The smallest absolute Gasteiger partial charge is 0.264 e. The quantitative estimate of drug-likeness (QED) is 0.602. The fraction of sp³-hybridized carbons (Fsp3) is 0.217. The summed E-state index contributed by atoms with van der Waals surface area (Å²) >= 11 is 6.05. The summed E-state index contributed by atoms with van der Waals surface area (Å²) in [6.45, 7) is -0.0311. The Balaban J connectivity index is 1.49. The number of halogens is 1. The van der Waals surface area contributed by atoms with Crippen molar-refractivity contribution in [2.24, 2.45) is 0 Å². The van der Waals surface area contributed by atoms with Crippen LogP contribution < -0.4 is 14.8 Å². The first-order valence-electron chi connectivity index (χ1n) is 9.72. The van der Waals surface area contributed by atoms with Gasteiger partial charge in [0.05, 0.1) is 25.6 Å². The van der Waals surface area contributed by atoms with E-state index in [0.29, 0.717) is 34.4 Å². The number of nitrogens with zero attached hydrogens (tertiary/aromatic N) is 1. The zero-order valence-electron chi connectivity index (χ0n) is 16.8. The van der Waals surface area contributed by atoms with Crippen molar-refractivity contribution in [3.05, 3.63) is 77.2 Å². The van der Waals surface area contributed by atoms with Crippen LogP contribution in [0.2, 0.25) is 5.02 Å². The molecule has 1 atom stereocenters. The van der Waals surface area contributed by atoms with Crippen LogP contribution in [0.5, 0.6) is 11.5 Å². The Labute approximate surface area is 184 Å². The van der Waals surface area contributed by atoms with Crippen LogP contribution in [0.15, 0.2) is 65.3 Å². The van der Waals surface area contributed by atoms with Crippen LogP contribution in [0, 0.1) is 0 Å². The molecular weight excluding hydrogens is 420 g/mol. The molecule has 160 valence electrons. The van der Waals surface area contributed by atoms with Gasteiger partial charge in [-0.1, -0.05) is 23.7 Å². The van der Waals surface area contributed by atoms with Crippen LogP contribution in [0.3, 0.4) is 0 Å². The number of hydrogen-bond donors (Lipinski definition) is 1. The van der Waals surface area contributed by atoms with E-state index >= 15 is 0 Å². The predicted molar refractivity (Wildman–Crippen MR) is 115 cm³/mol. The second-order valence-electron chi connectivity index (χ2n) is 7.08. The Morgan fingerprint density at radius 2 is 2.03 bits per heavy atom. The van der Waals surface area contributed by atoms with Gasteiger partial charge in [-0.3, -0.25) is 9.59 Å². The fourth-order valence-corrected chi connectivity index (χ4v) is 3.67. The minimum Gasteiger partial charge on any atom is -0.495 e. The monoisotopic (exact) mass is 440 g/mol. The maximum atomic E-state index is 13.3. The number of benzene rings is 2. The van der Waals surface area contributed by atoms with Crippen molar-refractivity contribution in [2.75, 3.05) is 19.0 Å². The molecule has 0 aliphatic carbocycles. The molecule has 8 heteroatoms. The van der Waals surface area contributed by atoms with Gasteiger partial charge in [-0.15, -0.1) is 0 Å². The third-order valence-electron chi connectivity index (χ3n) is 4.93. The van der Waals surface area contributed by atoms with Gasteiger partial charge in [0.25, 0.3) is 5.91 Å². The van der Waals surface area contributed by atoms with Gasteiger partial charge in [-0.2, -0.15) is 0 Å². The van der Waals surface area contributed by atoms with E-state index in [1.807, 2.05) is 6.07 Å². The summed E-state index contributed by atoms with van der Waals surface area (Å²) in [6.07, 6.45) is 1.18. The highest BCUT2D eigenvalue weighted by molar-refractivity contribution is 6.30. The van der Waals surface area contributed by atoms with Crippen molar-refractivity contribution in [2.45, 2.75) is 19.1 Å². The number of fused-ring (bicyclic) bond motifs is 1. The lowest BCUT2D eigenvalue weighted by Crippen LogP contribution is -2.44. The molecule has 0 fully saturated rings. The lowest BCUT2D eigenvalue weighted by atomic mass is 10.1. The second kappa shape index (κ2) is 9.14. The molecule has 4 rings (SSSR count). The molecule has 0 radical (unpaired) electrons. The Bertz CT molecular complexity index is 1080. The van der Waals surface area contributed by atoms with Crippen molar-refractivity contribution in [1.82, 2.24) is 4.90 Å². The Hall–Kier alpha value is -3.45. The van der Waals surface area contributed by atoms with Crippen LogP contribution in [0.1, 0.15) is 11.3 Å². The first kappa shape index (κ1) is 20.8. The minimum atomic E-state index is -0.734. The molecular formula is C23H21ClN2O5. The normalized spacial score (nSPS) is 14.5. The van der Waals surface area contributed by atoms with Crippen LogP contribution in [0.25, 0.3) is 0 Å². The highest BCUT2D eigenvalue weighted by Gasteiger charge is 2.33. The SMILES string of the molecule is COc1ccccc1NC(=O)CN(Cc1ccco1)C(=O)[C@H]1Cc2cc(Cl)ccc2O1. The number of nitrogens with one attached hydrogen (secondary N) is 1. The summed E-state index contributed by atoms with van der Waals surface area (Å²) in [6, 6.07) is 15.8. The fourth-order valence-electron chi connectivity index (χ4n) is 3.47. The zero-order valence-corrected chi connectivity index (χ0v) is 17.6. The van der Waals surface area contributed by atoms with Crippen molar-refractivity contribution in [3.63, 3.8) is 0 Å². The summed E-state index contributed by atoms with van der Waals surface area (Å²) < 4.78 is 16.5. The summed E-state index contributed by atoms with van der Waals surface area (Å²) in [5, 5.41) is 3.38. The Morgan fingerprint density at radius 1 is 1.19 bits per heavy atom. The molecule has 7 nitrogen and oxygen atoms in total. The van der Waals surface area contributed by atoms with Crippen LogP contribution >= 0.6 is 11.6 Å². The lowest BCUT2D eigenvalue weighted by Gasteiger charge is -2.24. The number of methoxy groups -OCH3 is 1. The van der Waals surface area contributed by atoms with Crippen LogP contribution in [-0.4, -0.2) is 36.5 Å². The number of para-hydroxylation sites is 2. The topological polar surface area (TPSA) is 81.0 Å². The highest BCUT2D eigenvalue weighted by atomic mass is 35.5. The predicted octanol–water partition coefficient (Wildman–Crippen LogP) is 3.91. The molecule has 1 aromatic heterocycles. The summed E-state index contributed by atoms with van der Waals surface area (Å²) in [7, 11) is 1.53. The number of carbonyl (C=O) groups is 2. The molecule has 2 aromatic carbocycles. The van der Waals surface area contributed by atoms with E-state index in [0.717, 1.165) is 5.56 Å². The minimum absolute atomic E-state index is 0.141. The van der Waals surface area contributed by atoms with E-state index in [1.165, 1.54) is 18.3 Å². The molecule has 0 spiro atoms. The molecule has 2 heterocycles. The molecule has 0 bridgehead atoms. The highest BCUT2D eigenvalue weighted by Crippen LogP contribution is 2.32. The Morgan fingerprint density at radius 3 is 2.81 bits per heavy atom. The largest absolute Gasteiger partial charge is 0.495 e. The maximum absolute atomic E-state index is 13.3. The van der Waals surface area contributed by atoms with Gasteiger partial charge in [-0.05, 0) is 48.0 Å². The Kier molecular flexibility index (Phi) is 6.13. The van der Waals surface area contributed by atoms with Crippen molar-refractivity contribution in [3.8, 4) is 11.5 Å². The number of rotatable bonds is 7. The standard InChI is InChI=1S/C23H21ClN2O5/c1-29-20-7-3-2-6-18(20)25-22(27)14-26(13-17-5-4-10-30-17)23(28)21-12-15-11-16(24)8-9-19(15)31-21/h2-11,21H,12-14H2,1H3,(H,25,27)/t21-/m1/s1. The van der Waals surface area contributed by atoms with E-state index in [-0.39, 0.29) is 24.9 Å². The van der Waals surface area contributed by atoms with Gasteiger partial charge < -0.3 is 24.1 Å². The number of hydrogen-bond acceptors (Lipinski definition) is 5. The lowest BCUT2D eigenvalue weighted by molar-refractivity contribution is -0.141. The van der Waals surface area contributed by atoms with Gasteiger partial charge >= 0.3 is 0 Å². The maximum Gasteiger partial charge on any atom is 0.264 e. The van der Waals surface area contributed by atoms with Crippen LogP contribution in [-0.2, 0) is 22.6 Å². The molecule has 31 heavy (non-hydrogen) atoms. The summed E-state index contributed by atoms with van der Waals surface area (Å²) in [4.78, 5) is 27.4. The molecule has 0 unspecified atom stereocenters. The van der Waals surface area contributed by atoms with Gasteiger partial charge in [0.2, 0.25) is 5.91 Å². The zero-order chi connectivity index (χ0) is 21.8. The van der Waals surface area contributed by atoms with Gasteiger partial charge in [-0.25, -0.2) is 0 Å². The summed E-state index contributed by atoms with van der Waals surface area (Å²) in [5.41, 5.74) is 1.39. The average Bonchev–Trinajstić information content (AvgIpc) is 3.42. The van der Waals surface area contributed by atoms with Crippen LogP contribution in [0.4, 0.5) is 5.69 Å². The number of furan rings is 1. The first-order chi connectivity index (χ1) is 15.0. The van der Waals surface area contributed by atoms with E-state index in [2.05, 4.69) is 5.32 Å². The number of carbonyl (C=O) groups excluding carboxylic acids is 2. The second-order valence-corrected chi connectivity index (χ2v) is 7.52. The van der Waals surface area contributed by atoms with Crippen molar-refractivity contribution in [1.29, 1.82) is 0 Å². The first-order valence-corrected chi connectivity index (χ1v) is 10.1. The molecule has 1 aliphatic heterocycles. The number of ether oxygens (including phenoxy) is 2. The van der Waals surface area contributed by atoms with E-state index < -0.39 is 6.10 Å². The molecule has 1 aliphatic rings. The molecule has 3 aromatic rings. The van der Waals surface area contributed by atoms with Gasteiger partial charge in [0.15, 0.2) is 6.10 Å². The molecule has 1 N–H and O–H groups in total. The third-order valence-corrected chi connectivity index (χ3v) is 5.16. The van der Waals surface area contributed by atoms with E-state index in [9.17, 15) is 9.59 Å². The molecule has 0 saturated heterocycles. The van der Waals surface area contributed by atoms with E-state index in [1.54, 1.807) is 48.5 Å². The molecule has 2 amide bonds. The van der Waals surface area contributed by atoms with Crippen molar-refractivity contribution >= 4 is 29.1 Å². The molecule has 0 saturated carbocycles. The van der Waals surface area contributed by atoms with Gasteiger partial charge in [0.1, 0.15) is 23.8 Å². The summed E-state index contributed by atoms with van der Waals surface area (Å²) in [5.74, 6) is 1.06. The number of amides is 2. The van der Waals surface area contributed by atoms with Crippen molar-refractivity contribution < 1.29 is 23.5 Å². The average molecular weight is 441 g/mol. The van der Waals surface area contributed by atoms with E-state index in [4.69, 9.17) is 25.5 Å². The number of anilines is 1.